The van der Waals surface area contributed by atoms with Gasteiger partial charge in [-0.3, -0.25) is 4.79 Å². The van der Waals surface area contributed by atoms with Crippen LogP contribution in [-0.4, -0.2) is 34.5 Å². The topological polar surface area (TPSA) is 87.3 Å². The predicted octanol–water partition coefficient (Wildman–Crippen LogP) is 0.841. The Morgan fingerprint density at radius 1 is 1.33 bits per heavy atom. The number of hydrogen-bond acceptors (Lipinski definition) is 4. The van der Waals surface area contributed by atoms with Crippen LogP contribution in [0.5, 0.6) is 0 Å². The van der Waals surface area contributed by atoms with E-state index in [1.54, 1.807) is 19.1 Å². The standard InChI is InChI=1S/C14H21N3O3S/c1-10-12(4-3-5-13(10)21(19,20)15-2)17-14(18)9-16-8-11-6-7-11/h3-5,11,15-16H,6-9H2,1-2H3,(H,17,18). The summed E-state index contributed by atoms with van der Waals surface area (Å²) in [6.45, 7) is 2.77. The predicted molar refractivity (Wildman–Crippen MR) is 81.6 cm³/mol. The van der Waals surface area contributed by atoms with Crippen molar-refractivity contribution in [3.63, 3.8) is 0 Å². The zero-order valence-corrected chi connectivity index (χ0v) is 13.1. The molecule has 21 heavy (non-hydrogen) atoms. The first-order valence-electron chi connectivity index (χ1n) is 6.98. The molecule has 0 heterocycles. The summed E-state index contributed by atoms with van der Waals surface area (Å²) in [6, 6.07) is 4.83. The normalized spacial score (nSPS) is 15.0. The summed E-state index contributed by atoms with van der Waals surface area (Å²) in [7, 11) is -2.16. The van der Waals surface area contributed by atoms with Gasteiger partial charge in [0, 0.05) is 5.69 Å². The molecule has 0 aliphatic heterocycles. The van der Waals surface area contributed by atoms with E-state index in [-0.39, 0.29) is 17.3 Å². The van der Waals surface area contributed by atoms with Crippen molar-refractivity contribution >= 4 is 21.6 Å². The Hall–Kier alpha value is -1.44. The summed E-state index contributed by atoms with van der Waals surface area (Å²) in [4.78, 5) is 12.0. The van der Waals surface area contributed by atoms with Crippen LogP contribution in [0.2, 0.25) is 0 Å². The molecule has 1 fully saturated rings. The average Bonchev–Trinajstić information content (AvgIpc) is 3.25. The van der Waals surface area contributed by atoms with Crippen molar-refractivity contribution in [2.75, 3.05) is 25.5 Å². The molecule has 0 unspecified atom stereocenters. The molecule has 1 amide bonds. The maximum absolute atomic E-state index is 11.9. The molecule has 0 saturated heterocycles. The van der Waals surface area contributed by atoms with Gasteiger partial charge in [0.2, 0.25) is 15.9 Å². The second-order valence-electron chi connectivity index (χ2n) is 5.26. The third kappa shape index (κ3) is 4.26. The van der Waals surface area contributed by atoms with E-state index in [0.717, 1.165) is 6.54 Å². The average molecular weight is 311 g/mol. The number of carbonyl (C=O) groups is 1. The second kappa shape index (κ2) is 6.55. The molecular weight excluding hydrogens is 290 g/mol. The van der Waals surface area contributed by atoms with Crippen LogP contribution >= 0.6 is 0 Å². The number of sulfonamides is 1. The van der Waals surface area contributed by atoms with Crippen molar-refractivity contribution in [3.8, 4) is 0 Å². The van der Waals surface area contributed by atoms with E-state index >= 15 is 0 Å². The highest BCUT2D eigenvalue weighted by Crippen LogP contribution is 2.27. The molecule has 0 aromatic heterocycles. The van der Waals surface area contributed by atoms with Gasteiger partial charge in [-0.25, -0.2) is 13.1 Å². The van der Waals surface area contributed by atoms with Crippen LogP contribution in [0.1, 0.15) is 18.4 Å². The molecule has 7 heteroatoms. The molecule has 0 radical (unpaired) electrons. The molecule has 0 spiro atoms. The maximum atomic E-state index is 11.9. The van der Waals surface area contributed by atoms with Gasteiger partial charge in [-0.2, -0.15) is 0 Å². The van der Waals surface area contributed by atoms with Gasteiger partial charge >= 0.3 is 0 Å². The lowest BCUT2D eigenvalue weighted by Crippen LogP contribution is -2.30. The molecule has 1 aliphatic carbocycles. The van der Waals surface area contributed by atoms with Gasteiger partial charge in [0.1, 0.15) is 0 Å². The number of anilines is 1. The van der Waals surface area contributed by atoms with Crippen LogP contribution in [-0.2, 0) is 14.8 Å². The molecule has 1 aromatic rings. The van der Waals surface area contributed by atoms with Crippen molar-refractivity contribution in [3.05, 3.63) is 23.8 Å². The number of nitrogens with one attached hydrogen (secondary N) is 3. The van der Waals surface area contributed by atoms with Crippen molar-refractivity contribution < 1.29 is 13.2 Å². The first kappa shape index (κ1) is 15.9. The van der Waals surface area contributed by atoms with Crippen molar-refractivity contribution in [1.82, 2.24) is 10.0 Å². The Morgan fingerprint density at radius 3 is 2.67 bits per heavy atom. The van der Waals surface area contributed by atoms with Gasteiger partial charge in [0.25, 0.3) is 0 Å². The largest absolute Gasteiger partial charge is 0.325 e. The van der Waals surface area contributed by atoms with E-state index in [0.29, 0.717) is 17.2 Å². The fourth-order valence-corrected chi connectivity index (χ4v) is 3.05. The van der Waals surface area contributed by atoms with Crippen LogP contribution in [0.25, 0.3) is 0 Å². The lowest BCUT2D eigenvalue weighted by Gasteiger charge is -2.12. The van der Waals surface area contributed by atoms with Crippen molar-refractivity contribution in [2.24, 2.45) is 5.92 Å². The minimum atomic E-state index is -3.52. The summed E-state index contributed by atoms with van der Waals surface area (Å²) in [5.74, 6) is 0.543. The highest BCUT2D eigenvalue weighted by molar-refractivity contribution is 7.89. The Labute approximate surface area is 125 Å². The lowest BCUT2D eigenvalue weighted by molar-refractivity contribution is -0.115. The lowest BCUT2D eigenvalue weighted by atomic mass is 10.2. The minimum absolute atomic E-state index is 0.169. The summed E-state index contributed by atoms with van der Waals surface area (Å²) in [5.41, 5.74) is 1.05. The Kier molecular flexibility index (Phi) is 4.97. The zero-order valence-electron chi connectivity index (χ0n) is 12.3. The number of benzene rings is 1. The van der Waals surface area contributed by atoms with Gasteiger partial charge < -0.3 is 10.6 Å². The van der Waals surface area contributed by atoms with Crippen LogP contribution in [0.4, 0.5) is 5.69 Å². The summed E-state index contributed by atoms with van der Waals surface area (Å²) < 4.78 is 26.0. The van der Waals surface area contributed by atoms with Gasteiger partial charge in [0.15, 0.2) is 0 Å². The van der Waals surface area contributed by atoms with Crippen molar-refractivity contribution in [2.45, 2.75) is 24.7 Å². The molecule has 1 saturated carbocycles. The molecule has 1 aromatic carbocycles. The summed E-state index contributed by atoms with van der Waals surface area (Å²) >= 11 is 0. The van der Waals surface area contributed by atoms with E-state index in [9.17, 15) is 13.2 Å². The Balaban J connectivity index is 2.02. The van der Waals surface area contributed by atoms with Crippen LogP contribution in [0, 0.1) is 12.8 Å². The van der Waals surface area contributed by atoms with Gasteiger partial charge in [-0.05, 0) is 57.0 Å². The highest BCUT2D eigenvalue weighted by Gasteiger charge is 2.21. The second-order valence-corrected chi connectivity index (χ2v) is 7.11. The quantitative estimate of drug-likeness (QED) is 0.696. The fourth-order valence-electron chi connectivity index (χ4n) is 2.06. The van der Waals surface area contributed by atoms with E-state index in [4.69, 9.17) is 0 Å². The number of rotatable bonds is 7. The number of amides is 1. The van der Waals surface area contributed by atoms with Gasteiger partial charge in [-0.15, -0.1) is 0 Å². The van der Waals surface area contributed by atoms with E-state index in [1.807, 2.05) is 0 Å². The first-order valence-corrected chi connectivity index (χ1v) is 8.46. The SMILES string of the molecule is CNS(=O)(=O)c1cccc(NC(=O)CNCC2CC2)c1C. The third-order valence-corrected chi connectivity index (χ3v) is 5.09. The third-order valence-electron chi connectivity index (χ3n) is 3.53. The molecule has 0 atom stereocenters. The summed E-state index contributed by atoms with van der Waals surface area (Å²) in [5, 5.41) is 5.85. The molecule has 2 rings (SSSR count). The molecular formula is C14H21N3O3S. The van der Waals surface area contributed by atoms with Gasteiger partial charge in [-0.1, -0.05) is 6.07 Å². The number of hydrogen-bond donors (Lipinski definition) is 3. The maximum Gasteiger partial charge on any atom is 0.240 e. The van der Waals surface area contributed by atoms with Crippen LogP contribution in [0.15, 0.2) is 23.1 Å². The number of carbonyl (C=O) groups excluding carboxylic acids is 1. The first-order chi connectivity index (χ1) is 9.94. The molecule has 0 bridgehead atoms. The minimum Gasteiger partial charge on any atom is -0.325 e. The Morgan fingerprint density at radius 2 is 2.05 bits per heavy atom. The van der Waals surface area contributed by atoms with Gasteiger partial charge in [0.05, 0.1) is 11.4 Å². The molecule has 6 nitrogen and oxygen atoms in total. The monoisotopic (exact) mass is 311 g/mol. The van der Waals surface area contributed by atoms with Crippen LogP contribution < -0.4 is 15.4 Å². The molecule has 3 N–H and O–H groups in total. The zero-order chi connectivity index (χ0) is 15.5. The van der Waals surface area contributed by atoms with E-state index in [1.165, 1.54) is 26.0 Å². The van der Waals surface area contributed by atoms with E-state index in [2.05, 4.69) is 15.4 Å². The Bertz CT molecular complexity index is 624. The summed E-state index contributed by atoms with van der Waals surface area (Å²) in [6.07, 6.45) is 2.47. The fraction of sp³-hybridized carbons (Fsp3) is 0.500. The van der Waals surface area contributed by atoms with Crippen LogP contribution in [0.3, 0.4) is 0 Å². The smallest absolute Gasteiger partial charge is 0.240 e. The highest BCUT2D eigenvalue weighted by atomic mass is 32.2. The molecule has 1 aliphatic rings. The van der Waals surface area contributed by atoms with Crippen molar-refractivity contribution in [1.29, 1.82) is 0 Å². The molecule has 116 valence electrons. The van der Waals surface area contributed by atoms with E-state index < -0.39 is 10.0 Å².